The highest BCUT2D eigenvalue weighted by molar-refractivity contribution is 7.26. The number of rotatable bonds is 6. The smallest absolute Gasteiger partial charge is 0.0634 e. The zero-order chi connectivity index (χ0) is 36.3. The first-order valence-electron chi connectivity index (χ1n) is 18.8. The van der Waals surface area contributed by atoms with Crippen molar-refractivity contribution in [1.82, 2.24) is 4.57 Å². The number of para-hydroxylation sites is 1. The van der Waals surface area contributed by atoms with E-state index in [9.17, 15) is 0 Å². The third-order valence-corrected chi connectivity index (χ3v) is 12.1. The van der Waals surface area contributed by atoms with Gasteiger partial charge in [0, 0.05) is 53.4 Å². The molecule has 0 fully saturated rings. The Labute approximate surface area is 323 Å². The van der Waals surface area contributed by atoms with Crippen molar-refractivity contribution in [3.63, 3.8) is 0 Å². The fourth-order valence-electron chi connectivity index (χ4n) is 8.41. The van der Waals surface area contributed by atoms with E-state index in [1.54, 1.807) is 0 Å². The summed E-state index contributed by atoms with van der Waals surface area (Å²) in [5.41, 5.74) is 11.8. The van der Waals surface area contributed by atoms with Crippen LogP contribution in [-0.2, 0) is 0 Å². The van der Waals surface area contributed by atoms with Crippen LogP contribution in [0, 0.1) is 0 Å². The summed E-state index contributed by atoms with van der Waals surface area (Å²) >= 11 is 1.88. The van der Waals surface area contributed by atoms with Gasteiger partial charge in [-0.15, -0.1) is 11.3 Å². The van der Waals surface area contributed by atoms with Gasteiger partial charge < -0.3 is 9.47 Å². The van der Waals surface area contributed by atoms with Crippen LogP contribution in [0.2, 0.25) is 0 Å². The first-order chi connectivity index (χ1) is 27.3. The van der Waals surface area contributed by atoms with Gasteiger partial charge in [0.15, 0.2) is 0 Å². The summed E-state index contributed by atoms with van der Waals surface area (Å²) in [4.78, 5) is 2.42. The van der Waals surface area contributed by atoms with Crippen LogP contribution in [0.1, 0.15) is 0 Å². The predicted molar refractivity (Wildman–Crippen MR) is 237 cm³/mol. The molecule has 0 unspecified atom stereocenters. The molecule has 258 valence electrons. The van der Waals surface area contributed by atoms with E-state index in [0.717, 1.165) is 22.7 Å². The summed E-state index contributed by atoms with van der Waals surface area (Å²) < 4.78 is 5.08. The van der Waals surface area contributed by atoms with Crippen molar-refractivity contribution in [3.05, 3.63) is 206 Å². The lowest BCUT2D eigenvalue weighted by atomic mass is 10.0. The zero-order valence-electron chi connectivity index (χ0n) is 29.9. The Bertz CT molecular complexity index is 3170. The van der Waals surface area contributed by atoms with Gasteiger partial charge >= 0.3 is 0 Å². The molecule has 0 N–H and O–H groups in total. The van der Waals surface area contributed by atoms with Gasteiger partial charge in [0.05, 0.1) is 16.7 Å². The Balaban J connectivity index is 1.18. The van der Waals surface area contributed by atoms with Gasteiger partial charge in [-0.25, -0.2) is 0 Å². The molecule has 2 aromatic heterocycles. The van der Waals surface area contributed by atoms with Crippen molar-refractivity contribution in [2.24, 2.45) is 0 Å². The van der Waals surface area contributed by atoms with Crippen LogP contribution in [0.5, 0.6) is 0 Å². The molecule has 0 atom stereocenters. The van der Waals surface area contributed by atoms with Gasteiger partial charge in [-0.05, 0) is 94.4 Å². The summed E-state index contributed by atoms with van der Waals surface area (Å²) in [6, 6.07) is 75.1. The van der Waals surface area contributed by atoms with E-state index in [-0.39, 0.29) is 0 Å². The molecule has 0 aliphatic heterocycles. The van der Waals surface area contributed by atoms with Crippen molar-refractivity contribution >= 4 is 81.1 Å². The summed E-state index contributed by atoms with van der Waals surface area (Å²) in [7, 11) is 0. The lowest BCUT2D eigenvalue weighted by molar-refractivity contribution is 1.19. The summed E-state index contributed by atoms with van der Waals surface area (Å²) in [6.45, 7) is 0. The van der Waals surface area contributed by atoms with E-state index in [4.69, 9.17) is 0 Å². The lowest BCUT2D eigenvalue weighted by Gasteiger charge is -2.27. The van der Waals surface area contributed by atoms with Crippen molar-refractivity contribution in [2.45, 2.75) is 0 Å². The fourth-order valence-corrected chi connectivity index (χ4v) is 9.50. The van der Waals surface area contributed by atoms with Crippen LogP contribution >= 0.6 is 11.3 Å². The predicted octanol–water partition coefficient (Wildman–Crippen LogP) is 15.1. The number of anilines is 3. The Morgan fingerprint density at radius 1 is 0.382 bits per heavy atom. The van der Waals surface area contributed by atoms with Gasteiger partial charge in [0.1, 0.15) is 0 Å². The van der Waals surface area contributed by atoms with Crippen molar-refractivity contribution in [1.29, 1.82) is 0 Å². The molecular weight excluding hydrogens is 685 g/mol. The molecule has 11 rings (SSSR count). The Kier molecular flexibility index (Phi) is 7.39. The minimum atomic E-state index is 1.11. The van der Waals surface area contributed by atoms with E-state index in [1.165, 1.54) is 75.0 Å². The Hall–Kier alpha value is -6.94. The number of hydrogen-bond acceptors (Lipinski definition) is 2. The summed E-state index contributed by atoms with van der Waals surface area (Å²) in [6.07, 6.45) is 0. The number of hydrogen-bond donors (Lipinski definition) is 0. The average Bonchev–Trinajstić information content (AvgIpc) is 3.80. The van der Waals surface area contributed by atoms with Gasteiger partial charge in [0.2, 0.25) is 0 Å². The van der Waals surface area contributed by atoms with Crippen LogP contribution in [0.25, 0.3) is 80.7 Å². The van der Waals surface area contributed by atoms with Crippen LogP contribution in [0.4, 0.5) is 17.1 Å². The van der Waals surface area contributed by atoms with Crippen molar-refractivity contribution in [2.75, 3.05) is 4.90 Å². The van der Waals surface area contributed by atoms with Gasteiger partial charge in [0.25, 0.3) is 0 Å². The van der Waals surface area contributed by atoms with Crippen molar-refractivity contribution < 1.29 is 0 Å². The molecule has 0 radical (unpaired) electrons. The first-order valence-corrected chi connectivity index (χ1v) is 19.6. The van der Waals surface area contributed by atoms with Crippen LogP contribution < -0.4 is 4.90 Å². The Morgan fingerprint density at radius 2 is 1.00 bits per heavy atom. The first kappa shape index (κ1) is 31.6. The molecule has 0 amide bonds. The highest BCUT2D eigenvalue weighted by Crippen LogP contribution is 2.46. The molecule has 0 aliphatic rings. The number of nitrogens with zero attached hydrogens (tertiary/aromatic N) is 2. The van der Waals surface area contributed by atoms with E-state index in [0.29, 0.717) is 0 Å². The minimum absolute atomic E-state index is 1.11. The molecule has 9 aromatic carbocycles. The second-order valence-corrected chi connectivity index (χ2v) is 15.2. The number of aromatic nitrogens is 1. The normalized spacial score (nSPS) is 11.6. The van der Waals surface area contributed by atoms with Crippen molar-refractivity contribution in [3.8, 4) is 27.9 Å². The quantitative estimate of drug-likeness (QED) is 0.166. The molecule has 2 nitrogen and oxygen atoms in total. The molecule has 55 heavy (non-hydrogen) atoms. The maximum Gasteiger partial charge on any atom is 0.0634 e. The minimum Gasteiger partial charge on any atom is -0.310 e. The van der Waals surface area contributed by atoms with E-state index in [2.05, 4.69) is 216 Å². The summed E-state index contributed by atoms with van der Waals surface area (Å²) in [5.74, 6) is 0. The Morgan fingerprint density at radius 3 is 1.78 bits per heavy atom. The van der Waals surface area contributed by atoms with Crippen LogP contribution in [0.15, 0.2) is 206 Å². The second-order valence-electron chi connectivity index (χ2n) is 14.1. The molecule has 0 saturated carbocycles. The third-order valence-electron chi connectivity index (χ3n) is 11.0. The molecule has 3 heteroatoms. The number of fused-ring (bicyclic) bond motifs is 8. The highest BCUT2D eigenvalue weighted by Gasteiger charge is 2.22. The largest absolute Gasteiger partial charge is 0.310 e. The van der Waals surface area contributed by atoms with Gasteiger partial charge in [-0.1, -0.05) is 140 Å². The third kappa shape index (κ3) is 5.24. The van der Waals surface area contributed by atoms with E-state index in [1.807, 2.05) is 11.3 Å². The molecule has 11 aromatic rings. The standard InChI is InChI=1S/C52H34N2S/c1-4-13-35(14-5-1)37-23-26-41(27-24-37)53(47-22-12-18-38-17-10-11-21-43(38)47)42-28-30-48-45(34-42)44-29-32-50-51(52(44)54(48)40-19-8-3-9-20-40)46-33-39(25-31-49(46)55-50)36-15-6-2-7-16-36/h1-34H. The zero-order valence-corrected chi connectivity index (χ0v) is 30.7. The molecule has 2 heterocycles. The van der Waals surface area contributed by atoms with Gasteiger partial charge in [-0.3, -0.25) is 0 Å². The second kappa shape index (κ2) is 12.9. The molecule has 0 spiro atoms. The summed E-state index contributed by atoms with van der Waals surface area (Å²) in [5, 5.41) is 7.50. The van der Waals surface area contributed by atoms with Crippen LogP contribution in [-0.4, -0.2) is 4.57 Å². The van der Waals surface area contributed by atoms with E-state index < -0.39 is 0 Å². The molecular formula is C52H34N2S. The average molecular weight is 719 g/mol. The monoisotopic (exact) mass is 718 g/mol. The number of benzene rings is 9. The maximum atomic E-state index is 2.48. The molecule has 0 aliphatic carbocycles. The molecule has 0 saturated heterocycles. The molecule has 0 bridgehead atoms. The van der Waals surface area contributed by atoms with Crippen LogP contribution in [0.3, 0.4) is 0 Å². The highest BCUT2D eigenvalue weighted by atomic mass is 32.1. The maximum absolute atomic E-state index is 2.48. The topological polar surface area (TPSA) is 8.17 Å². The number of thiophene rings is 1. The van der Waals surface area contributed by atoms with E-state index >= 15 is 0 Å². The lowest BCUT2D eigenvalue weighted by Crippen LogP contribution is -2.10. The SMILES string of the molecule is c1ccc(-c2ccc(N(c3ccc4c(c3)c3ccc5sc6ccc(-c7ccccc7)cc6c5c3n4-c3ccccc3)c3cccc4ccccc34)cc2)cc1. The fraction of sp³-hybridized carbons (Fsp3) is 0. The van der Waals surface area contributed by atoms with Gasteiger partial charge in [-0.2, -0.15) is 0 Å².